The first-order chi connectivity index (χ1) is 6.68. The van der Waals surface area contributed by atoms with Gasteiger partial charge in [0.05, 0.1) is 0 Å². The highest BCUT2D eigenvalue weighted by atomic mass is 35.5. The number of halogens is 1. The third-order valence-electron chi connectivity index (χ3n) is 2.03. The van der Waals surface area contributed by atoms with E-state index < -0.39 is 6.10 Å². The molecule has 0 bridgehead atoms. The Morgan fingerprint density at radius 1 is 1.40 bits per heavy atom. The Balaban J connectivity index is 0.00000112. The van der Waals surface area contributed by atoms with Crippen LogP contribution in [-0.2, 0) is 0 Å². The number of benzene rings is 1. The van der Waals surface area contributed by atoms with Gasteiger partial charge in [-0.25, -0.2) is 0 Å². The molecule has 5 N–H and O–H groups in total. The van der Waals surface area contributed by atoms with Crippen LogP contribution in [0, 0.1) is 0 Å². The van der Waals surface area contributed by atoms with Crippen LogP contribution in [0.3, 0.4) is 0 Å². The molecule has 1 aliphatic heterocycles. The van der Waals surface area contributed by atoms with Crippen LogP contribution < -0.4 is 33.0 Å². The van der Waals surface area contributed by atoms with Crippen molar-refractivity contribution in [2.24, 2.45) is 5.73 Å². The molecule has 15 heavy (non-hydrogen) atoms. The Bertz CT molecular complexity index is 384. The van der Waals surface area contributed by atoms with Crippen LogP contribution >= 0.6 is 0 Å². The van der Waals surface area contributed by atoms with E-state index in [0.29, 0.717) is 17.1 Å². The predicted molar refractivity (Wildman–Crippen MR) is 48.6 cm³/mol. The van der Waals surface area contributed by atoms with Crippen molar-refractivity contribution in [3.8, 4) is 11.5 Å². The Morgan fingerprint density at radius 2 is 2.07 bits per heavy atom. The first kappa shape index (κ1) is 11.6. The molecule has 1 aliphatic rings. The van der Waals surface area contributed by atoms with Crippen molar-refractivity contribution in [1.29, 1.82) is 0 Å². The number of nitrogens with two attached hydrogens (primary N) is 2. The van der Waals surface area contributed by atoms with Crippen LogP contribution in [-0.4, -0.2) is 17.7 Å². The number of hydrogen-bond donors (Lipinski definition) is 3. The van der Waals surface area contributed by atoms with Gasteiger partial charge in [-0.2, -0.15) is 0 Å². The zero-order chi connectivity index (χ0) is 10.1. The maximum absolute atomic E-state index is 9.55. The van der Waals surface area contributed by atoms with Gasteiger partial charge in [-0.3, -0.25) is 11.1 Å². The Morgan fingerprint density at radius 3 is 2.73 bits per heavy atom. The molecule has 2 rings (SSSR count). The first-order valence-corrected chi connectivity index (χ1v) is 4.14. The Hall–Kier alpha value is -1.46. The Kier molecular flexibility index (Phi) is 3.39. The molecule has 1 atom stereocenters. The van der Waals surface area contributed by atoms with Crippen LogP contribution in [0.1, 0.15) is 11.7 Å². The molecule has 1 unspecified atom stereocenters. The first-order valence-electron chi connectivity index (χ1n) is 4.14. The average molecular weight is 231 g/mol. The van der Waals surface area contributed by atoms with Gasteiger partial charge in [0.1, 0.15) is 0 Å². The average Bonchev–Trinajstić information content (AvgIpc) is 2.62. The van der Waals surface area contributed by atoms with E-state index in [1.807, 2.05) is 0 Å². The monoisotopic (exact) mass is 230 g/mol. The van der Waals surface area contributed by atoms with Gasteiger partial charge in [-0.1, -0.05) is 6.07 Å². The van der Waals surface area contributed by atoms with Gasteiger partial charge in [-0.05, 0) is 17.7 Å². The van der Waals surface area contributed by atoms with Crippen molar-refractivity contribution in [3.05, 3.63) is 23.8 Å². The lowest BCUT2D eigenvalue weighted by molar-refractivity contribution is -0.126. The van der Waals surface area contributed by atoms with E-state index >= 15 is 0 Å². The van der Waals surface area contributed by atoms with Gasteiger partial charge in [0.15, 0.2) is 17.6 Å². The minimum absolute atomic E-state index is 0. The molecule has 0 fully saturated rings. The van der Waals surface area contributed by atoms with E-state index in [9.17, 15) is 5.11 Å². The highest BCUT2D eigenvalue weighted by Gasteiger charge is 2.19. The van der Waals surface area contributed by atoms with E-state index in [1.54, 1.807) is 18.2 Å². The maximum Gasteiger partial charge on any atom is 0.272 e. The summed E-state index contributed by atoms with van der Waals surface area (Å²) in [6, 6.07) is 5.06. The van der Waals surface area contributed by atoms with Gasteiger partial charge in [0.2, 0.25) is 6.79 Å². The molecular weight excluding hydrogens is 220 g/mol. The fraction of sp³-hybridized carbons (Fsp3) is 0.222. The molecule has 1 heterocycles. The van der Waals surface area contributed by atoms with Crippen LogP contribution in [0.4, 0.5) is 0 Å². The number of ether oxygens (including phenoxy) is 2. The van der Waals surface area contributed by atoms with Crippen molar-refractivity contribution in [2.75, 3.05) is 6.79 Å². The minimum atomic E-state index is -0.968. The summed E-state index contributed by atoms with van der Waals surface area (Å²) in [5.41, 5.74) is 5.88. The lowest BCUT2D eigenvalue weighted by atomic mass is 10.1. The Labute approximate surface area is 92.7 Å². The molecule has 1 aromatic carbocycles. The van der Waals surface area contributed by atoms with Gasteiger partial charge < -0.3 is 27.0 Å². The molecule has 0 saturated heterocycles. The molecule has 6 heteroatoms. The molecule has 82 valence electrons. The fourth-order valence-corrected chi connectivity index (χ4v) is 1.28. The maximum atomic E-state index is 9.55. The van der Waals surface area contributed by atoms with Crippen LogP contribution in [0.15, 0.2) is 18.2 Å². The number of fused-ring (bicyclic) bond motifs is 1. The number of rotatable bonds is 2. The highest BCUT2D eigenvalue weighted by molar-refractivity contribution is 5.80. The lowest BCUT2D eigenvalue weighted by Gasteiger charge is -2.05. The largest absolute Gasteiger partial charge is 1.00 e. The normalized spacial score (nSPS) is 14.2. The van der Waals surface area contributed by atoms with Crippen molar-refractivity contribution in [1.82, 2.24) is 0 Å². The smallest absolute Gasteiger partial charge is 0.272 e. The summed E-state index contributed by atoms with van der Waals surface area (Å²) in [7, 11) is 0. The van der Waals surface area contributed by atoms with E-state index in [2.05, 4.69) is 0 Å². The van der Waals surface area contributed by atoms with Crippen molar-refractivity contribution >= 4 is 5.84 Å². The third-order valence-corrected chi connectivity index (χ3v) is 2.03. The molecule has 0 aromatic heterocycles. The molecule has 0 spiro atoms. The van der Waals surface area contributed by atoms with Crippen LogP contribution in [0.5, 0.6) is 11.5 Å². The predicted octanol–water partition coefficient (Wildman–Crippen LogP) is -4.43. The van der Waals surface area contributed by atoms with E-state index in [-0.39, 0.29) is 25.0 Å². The zero-order valence-corrected chi connectivity index (χ0v) is 8.57. The van der Waals surface area contributed by atoms with Gasteiger partial charge >= 0.3 is 0 Å². The summed E-state index contributed by atoms with van der Waals surface area (Å²) in [5, 5.41) is 14.8. The summed E-state index contributed by atoms with van der Waals surface area (Å²) in [4.78, 5) is 0. The summed E-state index contributed by atoms with van der Waals surface area (Å²) in [6.45, 7) is 0.205. The second-order valence-corrected chi connectivity index (χ2v) is 3.02. The fourth-order valence-electron chi connectivity index (χ4n) is 1.28. The van der Waals surface area contributed by atoms with E-state index in [0.717, 1.165) is 0 Å². The molecule has 0 amide bonds. The summed E-state index contributed by atoms with van der Waals surface area (Å²) >= 11 is 0. The van der Waals surface area contributed by atoms with Gasteiger partial charge in [0, 0.05) is 0 Å². The van der Waals surface area contributed by atoms with E-state index in [4.69, 9.17) is 20.6 Å². The standard InChI is InChI=1S/C9H10N2O3.ClH/c10-9(11)8(12)5-1-2-6-7(3-5)14-4-13-6;/h1-3,8,12H,4H2,(H3,10,11);1H. The molecule has 1 aromatic rings. The lowest BCUT2D eigenvalue weighted by Crippen LogP contribution is -3.00. The second-order valence-electron chi connectivity index (χ2n) is 3.02. The number of aliphatic hydroxyl groups excluding tert-OH is 1. The third kappa shape index (κ3) is 2.14. The van der Waals surface area contributed by atoms with Crippen LogP contribution in [0.2, 0.25) is 0 Å². The summed E-state index contributed by atoms with van der Waals surface area (Å²) in [5.74, 6) is 1.23. The van der Waals surface area contributed by atoms with Crippen molar-refractivity contribution in [2.45, 2.75) is 6.10 Å². The topological polar surface area (TPSA) is 90.3 Å². The van der Waals surface area contributed by atoms with E-state index in [1.165, 1.54) is 0 Å². The number of aliphatic hydroxyl groups is 1. The highest BCUT2D eigenvalue weighted by Crippen LogP contribution is 2.33. The summed E-state index contributed by atoms with van der Waals surface area (Å²) in [6.07, 6.45) is -0.968. The summed E-state index contributed by atoms with van der Waals surface area (Å²) < 4.78 is 10.3. The molecule has 0 saturated carbocycles. The number of hydrogen-bond acceptors (Lipinski definition) is 3. The van der Waals surface area contributed by atoms with Gasteiger partial charge in [-0.15, -0.1) is 0 Å². The zero-order valence-electron chi connectivity index (χ0n) is 7.81. The number of amidine groups is 1. The molecule has 0 radical (unpaired) electrons. The van der Waals surface area contributed by atoms with Crippen molar-refractivity contribution < 1.29 is 32.4 Å². The minimum Gasteiger partial charge on any atom is -1.00 e. The second kappa shape index (κ2) is 4.37. The van der Waals surface area contributed by atoms with Crippen LogP contribution in [0.25, 0.3) is 0 Å². The quantitative estimate of drug-likeness (QED) is 0.353. The molecule has 5 nitrogen and oxygen atoms in total. The van der Waals surface area contributed by atoms with Gasteiger partial charge in [0.25, 0.3) is 5.84 Å². The van der Waals surface area contributed by atoms with Crippen molar-refractivity contribution in [3.63, 3.8) is 0 Å². The molecular formula is C9H11ClN2O3. The molecule has 0 aliphatic carbocycles. The SMILES string of the molecule is NC(=[NH2+])C(O)c1ccc2c(c1)OCO2.[Cl-].